The van der Waals surface area contributed by atoms with Crippen LogP contribution in [0.4, 0.5) is 0 Å². The Morgan fingerprint density at radius 1 is 1.78 bits per heavy atom. The van der Waals surface area contributed by atoms with Crippen molar-refractivity contribution < 1.29 is 0 Å². The van der Waals surface area contributed by atoms with E-state index in [4.69, 9.17) is 11.0 Å². The van der Waals surface area contributed by atoms with Gasteiger partial charge < -0.3 is 5.73 Å². The van der Waals surface area contributed by atoms with Gasteiger partial charge in [0, 0.05) is 12.2 Å². The van der Waals surface area contributed by atoms with Gasteiger partial charge in [0.05, 0.1) is 16.8 Å². The Labute approximate surface area is 64.4 Å². The second-order valence-corrected chi connectivity index (χ2v) is 3.06. The minimum absolute atomic E-state index is 0.528. The molecule has 0 unspecified atom stereocenters. The molecule has 0 aromatic rings. The molecule has 0 spiro atoms. The SMILES string of the molecule is N#CCSCCC(N)=S. The number of nitriles is 1. The molecule has 4 heteroatoms. The van der Waals surface area contributed by atoms with Crippen molar-refractivity contribution in [2.24, 2.45) is 5.73 Å². The molecule has 0 atom stereocenters. The number of hydrogen-bond donors (Lipinski definition) is 1. The molecule has 9 heavy (non-hydrogen) atoms. The standard InChI is InChI=1S/C5H8N2S2/c6-2-4-9-3-1-5(7)8/h1,3-4H2,(H2,7,8). The van der Waals surface area contributed by atoms with Crippen molar-refractivity contribution in [1.82, 2.24) is 0 Å². The van der Waals surface area contributed by atoms with Crippen LogP contribution >= 0.6 is 24.0 Å². The summed E-state index contributed by atoms with van der Waals surface area (Å²) in [5, 5.41) is 8.10. The Hall–Kier alpha value is -0.270. The summed E-state index contributed by atoms with van der Waals surface area (Å²) in [7, 11) is 0. The van der Waals surface area contributed by atoms with Crippen LogP contribution in [0.2, 0.25) is 0 Å². The number of thioether (sulfide) groups is 1. The average Bonchev–Trinajstić information content (AvgIpc) is 1.80. The quantitative estimate of drug-likeness (QED) is 0.491. The zero-order valence-electron chi connectivity index (χ0n) is 4.96. The van der Waals surface area contributed by atoms with Crippen LogP contribution in [0, 0.1) is 11.3 Å². The first-order valence-electron chi connectivity index (χ1n) is 2.50. The van der Waals surface area contributed by atoms with Crippen molar-refractivity contribution in [3.63, 3.8) is 0 Å². The van der Waals surface area contributed by atoms with Crippen LogP contribution in [-0.4, -0.2) is 16.5 Å². The smallest absolute Gasteiger partial charge is 0.0808 e. The van der Waals surface area contributed by atoms with Gasteiger partial charge >= 0.3 is 0 Å². The molecule has 0 rings (SSSR count). The Balaban J connectivity index is 2.94. The van der Waals surface area contributed by atoms with E-state index in [1.807, 2.05) is 6.07 Å². The molecule has 0 fully saturated rings. The maximum atomic E-state index is 8.10. The summed E-state index contributed by atoms with van der Waals surface area (Å²) in [6.45, 7) is 0. The fraction of sp³-hybridized carbons (Fsp3) is 0.600. The summed E-state index contributed by atoms with van der Waals surface area (Å²) in [5.74, 6) is 1.39. The van der Waals surface area contributed by atoms with Crippen molar-refractivity contribution in [3.8, 4) is 6.07 Å². The van der Waals surface area contributed by atoms with Gasteiger partial charge in [-0.3, -0.25) is 0 Å². The van der Waals surface area contributed by atoms with E-state index in [0.717, 1.165) is 12.2 Å². The highest BCUT2D eigenvalue weighted by Crippen LogP contribution is 1.99. The summed E-state index contributed by atoms with van der Waals surface area (Å²) in [6, 6.07) is 2.02. The lowest BCUT2D eigenvalue weighted by Crippen LogP contribution is -2.08. The summed E-state index contributed by atoms with van der Waals surface area (Å²) in [4.78, 5) is 0.528. The van der Waals surface area contributed by atoms with E-state index >= 15 is 0 Å². The molecule has 0 saturated heterocycles. The largest absolute Gasteiger partial charge is 0.393 e. The van der Waals surface area contributed by atoms with E-state index in [-0.39, 0.29) is 0 Å². The second-order valence-electron chi connectivity index (χ2n) is 1.43. The molecular formula is C5H8N2S2. The first kappa shape index (κ1) is 8.73. The third-order valence-corrected chi connectivity index (χ3v) is 1.69. The monoisotopic (exact) mass is 160 g/mol. The van der Waals surface area contributed by atoms with Crippen LogP contribution in [0.25, 0.3) is 0 Å². The molecular weight excluding hydrogens is 152 g/mol. The number of nitrogens with zero attached hydrogens (tertiary/aromatic N) is 1. The van der Waals surface area contributed by atoms with Gasteiger partial charge in [-0.15, -0.1) is 11.8 Å². The van der Waals surface area contributed by atoms with Gasteiger partial charge in [-0.05, 0) is 0 Å². The second kappa shape index (κ2) is 5.86. The van der Waals surface area contributed by atoms with E-state index in [2.05, 4.69) is 12.2 Å². The summed E-state index contributed by atoms with van der Waals surface area (Å²) in [5.41, 5.74) is 5.21. The number of rotatable bonds is 4. The zero-order valence-corrected chi connectivity index (χ0v) is 6.60. The first-order valence-corrected chi connectivity index (χ1v) is 4.06. The number of nitrogens with two attached hydrogens (primary N) is 1. The minimum atomic E-state index is 0.528. The third-order valence-electron chi connectivity index (χ3n) is 0.659. The molecule has 0 heterocycles. The highest BCUT2D eigenvalue weighted by molar-refractivity contribution is 7.99. The van der Waals surface area contributed by atoms with Crippen molar-refractivity contribution >= 4 is 29.0 Å². The molecule has 50 valence electrons. The van der Waals surface area contributed by atoms with Gasteiger partial charge in [-0.1, -0.05) is 12.2 Å². The molecule has 0 aromatic carbocycles. The molecule has 0 aliphatic rings. The third kappa shape index (κ3) is 7.73. The predicted molar refractivity (Wildman–Crippen MR) is 44.3 cm³/mol. The van der Waals surface area contributed by atoms with Crippen LogP contribution in [-0.2, 0) is 0 Å². The molecule has 0 amide bonds. The molecule has 0 aromatic heterocycles. The van der Waals surface area contributed by atoms with Crippen molar-refractivity contribution in [2.75, 3.05) is 11.5 Å². The number of hydrogen-bond acceptors (Lipinski definition) is 3. The molecule has 0 saturated carbocycles. The Kier molecular flexibility index (Phi) is 5.68. The maximum Gasteiger partial charge on any atom is 0.0808 e. The predicted octanol–water partition coefficient (Wildman–Crippen LogP) is 0.919. The summed E-state index contributed by atoms with van der Waals surface area (Å²) < 4.78 is 0. The van der Waals surface area contributed by atoms with Crippen LogP contribution in [0.15, 0.2) is 0 Å². The summed E-state index contributed by atoms with van der Waals surface area (Å²) >= 11 is 6.18. The van der Waals surface area contributed by atoms with E-state index < -0.39 is 0 Å². The van der Waals surface area contributed by atoms with Gasteiger partial charge in [0.2, 0.25) is 0 Å². The Morgan fingerprint density at radius 3 is 2.89 bits per heavy atom. The van der Waals surface area contributed by atoms with Gasteiger partial charge in [0.25, 0.3) is 0 Å². The fourth-order valence-corrected chi connectivity index (χ4v) is 1.12. The first-order chi connectivity index (χ1) is 4.27. The molecule has 2 N–H and O–H groups in total. The average molecular weight is 160 g/mol. The van der Waals surface area contributed by atoms with Crippen molar-refractivity contribution in [2.45, 2.75) is 6.42 Å². The highest BCUT2D eigenvalue weighted by Gasteiger charge is 1.88. The fourth-order valence-electron chi connectivity index (χ4n) is 0.291. The molecule has 0 radical (unpaired) electrons. The van der Waals surface area contributed by atoms with Gasteiger partial charge in [0.15, 0.2) is 0 Å². The lowest BCUT2D eigenvalue weighted by atomic mass is 10.5. The van der Waals surface area contributed by atoms with Gasteiger partial charge in [0.1, 0.15) is 0 Å². The van der Waals surface area contributed by atoms with Crippen molar-refractivity contribution in [3.05, 3.63) is 0 Å². The van der Waals surface area contributed by atoms with Crippen LogP contribution in [0.5, 0.6) is 0 Å². The van der Waals surface area contributed by atoms with Gasteiger partial charge in [-0.25, -0.2) is 0 Å². The normalized spacial score (nSPS) is 8.33. The Morgan fingerprint density at radius 2 is 2.44 bits per heavy atom. The Bertz CT molecular complexity index is 127. The molecule has 2 nitrogen and oxygen atoms in total. The lowest BCUT2D eigenvalue weighted by molar-refractivity contribution is 1.31. The van der Waals surface area contributed by atoms with Crippen LogP contribution in [0.3, 0.4) is 0 Å². The van der Waals surface area contributed by atoms with Crippen LogP contribution < -0.4 is 5.73 Å². The van der Waals surface area contributed by atoms with E-state index in [9.17, 15) is 0 Å². The highest BCUT2D eigenvalue weighted by atomic mass is 32.2. The molecule has 0 bridgehead atoms. The maximum absolute atomic E-state index is 8.10. The van der Waals surface area contributed by atoms with E-state index in [0.29, 0.717) is 10.7 Å². The van der Waals surface area contributed by atoms with Gasteiger partial charge in [-0.2, -0.15) is 5.26 Å². The van der Waals surface area contributed by atoms with E-state index in [1.165, 1.54) is 0 Å². The van der Waals surface area contributed by atoms with Crippen molar-refractivity contribution in [1.29, 1.82) is 5.26 Å². The summed E-state index contributed by atoms with van der Waals surface area (Å²) in [6.07, 6.45) is 0.738. The topological polar surface area (TPSA) is 49.8 Å². The zero-order chi connectivity index (χ0) is 7.11. The lowest BCUT2D eigenvalue weighted by Gasteiger charge is -1.92. The molecule has 0 aliphatic heterocycles. The number of thiocarbonyl (C=S) groups is 1. The molecule has 0 aliphatic carbocycles. The van der Waals surface area contributed by atoms with E-state index in [1.54, 1.807) is 11.8 Å². The minimum Gasteiger partial charge on any atom is -0.393 e. The van der Waals surface area contributed by atoms with Crippen LogP contribution in [0.1, 0.15) is 6.42 Å².